The zero-order chi connectivity index (χ0) is 18.0. The molecule has 0 bridgehead atoms. The highest BCUT2D eigenvalue weighted by Gasteiger charge is 2.43. The molecular formula is C19H16BrNO4. The van der Waals surface area contributed by atoms with Gasteiger partial charge in [0.1, 0.15) is 6.04 Å². The number of nitrogens with zero attached hydrogens (tertiary/aromatic N) is 1. The molecule has 0 radical (unpaired) electrons. The van der Waals surface area contributed by atoms with Crippen molar-refractivity contribution >= 4 is 33.7 Å². The highest BCUT2D eigenvalue weighted by molar-refractivity contribution is 9.10. The van der Waals surface area contributed by atoms with Crippen LogP contribution in [0, 0.1) is 0 Å². The number of hydrogen-bond donors (Lipinski definition) is 0. The molecule has 0 saturated carbocycles. The van der Waals surface area contributed by atoms with Crippen LogP contribution < -0.4 is 0 Å². The number of carbonyl (C=O) groups excluding carboxylic acids is 3. The van der Waals surface area contributed by atoms with Gasteiger partial charge in [-0.15, -0.1) is 0 Å². The fourth-order valence-electron chi connectivity index (χ4n) is 2.85. The first-order chi connectivity index (χ1) is 12.0. The predicted octanol–water partition coefficient (Wildman–Crippen LogP) is 3.22. The van der Waals surface area contributed by atoms with Crippen molar-refractivity contribution in [2.45, 2.75) is 19.4 Å². The molecule has 2 aromatic rings. The molecule has 0 fully saturated rings. The summed E-state index contributed by atoms with van der Waals surface area (Å²) in [5.41, 5.74) is 1.47. The van der Waals surface area contributed by atoms with Crippen LogP contribution in [-0.4, -0.2) is 35.3 Å². The van der Waals surface area contributed by atoms with Gasteiger partial charge in [-0.1, -0.05) is 40.2 Å². The van der Waals surface area contributed by atoms with Gasteiger partial charge < -0.3 is 4.74 Å². The fraction of sp³-hybridized carbons (Fsp3) is 0.211. The molecule has 1 aliphatic rings. The van der Waals surface area contributed by atoms with Crippen LogP contribution in [0.2, 0.25) is 0 Å². The number of ether oxygens (including phenoxy) is 1. The number of esters is 1. The maximum absolute atomic E-state index is 12.7. The van der Waals surface area contributed by atoms with Crippen molar-refractivity contribution in [3.8, 4) is 0 Å². The average molecular weight is 402 g/mol. The summed E-state index contributed by atoms with van der Waals surface area (Å²) in [7, 11) is 0. The first-order valence-corrected chi connectivity index (χ1v) is 8.70. The second-order valence-corrected chi connectivity index (χ2v) is 6.54. The van der Waals surface area contributed by atoms with Crippen LogP contribution in [0.3, 0.4) is 0 Å². The molecule has 1 aliphatic heterocycles. The number of hydrogen-bond acceptors (Lipinski definition) is 4. The van der Waals surface area contributed by atoms with Gasteiger partial charge in [0.2, 0.25) is 0 Å². The lowest BCUT2D eigenvalue weighted by Crippen LogP contribution is -2.47. The molecule has 2 amide bonds. The predicted molar refractivity (Wildman–Crippen MR) is 95.2 cm³/mol. The second-order valence-electron chi connectivity index (χ2n) is 5.62. The Balaban J connectivity index is 1.95. The van der Waals surface area contributed by atoms with E-state index in [0.29, 0.717) is 11.1 Å². The lowest BCUT2D eigenvalue weighted by molar-refractivity contribution is -0.147. The molecule has 1 unspecified atom stereocenters. The van der Waals surface area contributed by atoms with Crippen LogP contribution >= 0.6 is 15.9 Å². The molecule has 1 heterocycles. The Morgan fingerprint density at radius 1 is 1.04 bits per heavy atom. The number of benzene rings is 2. The van der Waals surface area contributed by atoms with Crippen molar-refractivity contribution in [3.05, 3.63) is 69.7 Å². The Morgan fingerprint density at radius 3 is 2.12 bits per heavy atom. The third kappa shape index (κ3) is 3.35. The van der Waals surface area contributed by atoms with Gasteiger partial charge in [0.15, 0.2) is 0 Å². The molecule has 0 spiro atoms. The summed E-state index contributed by atoms with van der Waals surface area (Å²) in [5.74, 6) is -1.51. The van der Waals surface area contributed by atoms with Crippen molar-refractivity contribution in [2.24, 2.45) is 0 Å². The monoisotopic (exact) mass is 401 g/mol. The number of imide groups is 1. The van der Waals surface area contributed by atoms with E-state index in [9.17, 15) is 14.4 Å². The third-order valence-electron chi connectivity index (χ3n) is 4.04. The number of fused-ring (bicyclic) bond motifs is 1. The van der Waals surface area contributed by atoms with Gasteiger partial charge in [-0.2, -0.15) is 0 Å². The van der Waals surface area contributed by atoms with Crippen LogP contribution in [0.5, 0.6) is 0 Å². The van der Waals surface area contributed by atoms with E-state index in [1.807, 2.05) is 24.3 Å². The number of rotatable bonds is 5. The Bertz CT molecular complexity index is 797. The van der Waals surface area contributed by atoms with Gasteiger partial charge in [-0.25, -0.2) is 4.79 Å². The molecule has 0 aromatic heterocycles. The minimum absolute atomic E-state index is 0.179. The maximum atomic E-state index is 12.7. The number of carbonyl (C=O) groups is 3. The lowest BCUT2D eigenvalue weighted by Gasteiger charge is -2.24. The van der Waals surface area contributed by atoms with Crippen molar-refractivity contribution in [2.75, 3.05) is 6.61 Å². The van der Waals surface area contributed by atoms with Gasteiger partial charge in [-0.05, 0) is 36.8 Å². The van der Waals surface area contributed by atoms with Crippen LogP contribution in [-0.2, 0) is 16.0 Å². The maximum Gasteiger partial charge on any atom is 0.329 e. The largest absolute Gasteiger partial charge is 0.464 e. The van der Waals surface area contributed by atoms with Crippen molar-refractivity contribution < 1.29 is 19.1 Å². The Hall–Kier alpha value is -2.47. The highest BCUT2D eigenvalue weighted by Crippen LogP contribution is 2.26. The normalized spacial score (nSPS) is 14.4. The molecule has 6 heteroatoms. The summed E-state index contributed by atoms with van der Waals surface area (Å²) in [6.45, 7) is 1.87. The first kappa shape index (κ1) is 17.4. The topological polar surface area (TPSA) is 63.7 Å². The third-order valence-corrected chi connectivity index (χ3v) is 4.57. The van der Waals surface area contributed by atoms with Crippen molar-refractivity contribution in [3.63, 3.8) is 0 Å². The molecule has 0 aliphatic carbocycles. The smallest absolute Gasteiger partial charge is 0.329 e. The zero-order valence-corrected chi connectivity index (χ0v) is 15.2. The molecular weight excluding hydrogens is 386 g/mol. The van der Waals surface area contributed by atoms with Gasteiger partial charge in [0.05, 0.1) is 17.7 Å². The van der Waals surface area contributed by atoms with E-state index >= 15 is 0 Å². The molecule has 3 rings (SSSR count). The van der Waals surface area contributed by atoms with E-state index in [4.69, 9.17) is 4.74 Å². The number of amides is 2. The Morgan fingerprint density at radius 2 is 1.60 bits per heavy atom. The molecule has 25 heavy (non-hydrogen) atoms. The summed E-state index contributed by atoms with van der Waals surface area (Å²) in [4.78, 5) is 38.9. The average Bonchev–Trinajstić information content (AvgIpc) is 2.86. The standard InChI is InChI=1S/C19H16BrNO4/c1-2-25-19(24)16(11-12-7-9-13(20)10-8-12)21-17(22)14-5-3-4-6-15(14)18(21)23/h3-10,16H,2,11H2,1H3. The second kappa shape index (κ2) is 7.19. The van der Waals surface area contributed by atoms with Gasteiger partial charge in [0, 0.05) is 10.9 Å². The van der Waals surface area contributed by atoms with Gasteiger partial charge in [-0.3, -0.25) is 14.5 Å². The first-order valence-electron chi connectivity index (χ1n) is 7.91. The molecule has 2 aromatic carbocycles. The van der Waals surface area contributed by atoms with E-state index in [1.54, 1.807) is 31.2 Å². The van der Waals surface area contributed by atoms with E-state index in [2.05, 4.69) is 15.9 Å². The minimum atomic E-state index is -0.992. The van der Waals surface area contributed by atoms with Crippen LogP contribution in [0.4, 0.5) is 0 Å². The highest BCUT2D eigenvalue weighted by atomic mass is 79.9. The Labute approximate surface area is 153 Å². The fourth-order valence-corrected chi connectivity index (χ4v) is 3.12. The van der Waals surface area contributed by atoms with Crippen LogP contribution in [0.15, 0.2) is 53.0 Å². The zero-order valence-electron chi connectivity index (χ0n) is 13.6. The lowest BCUT2D eigenvalue weighted by atomic mass is 10.0. The van der Waals surface area contributed by atoms with Crippen molar-refractivity contribution in [1.82, 2.24) is 4.90 Å². The summed E-state index contributed by atoms with van der Waals surface area (Å²) in [6, 6.07) is 13.0. The molecule has 5 nitrogen and oxygen atoms in total. The Kier molecular flexibility index (Phi) is 4.99. The van der Waals surface area contributed by atoms with E-state index in [1.165, 1.54) is 0 Å². The molecule has 0 N–H and O–H groups in total. The molecule has 0 saturated heterocycles. The van der Waals surface area contributed by atoms with E-state index < -0.39 is 23.8 Å². The van der Waals surface area contributed by atoms with E-state index in [0.717, 1.165) is 14.9 Å². The summed E-state index contributed by atoms with van der Waals surface area (Å²) < 4.78 is 6.02. The summed E-state index contributed by atoms with van der Waals surface area (Å²) >= 11 is 3.36. The van der Waals surface area contributed by atoms with E-state index in [-0.39, 0.29) is 13.0 Å². The van der Waals surface area contributed by atoms with Crippen molar-refractivity contribution in [1.29, 1.82) is 0 Å². The summed E-state index contributed by atoms with van der Waals surface area (Å²) in [5, 5.41) is 0. The quantitative estimate of drug-likeness (QED) is 0.569. The minimum Gasteiger partial charge on any atom is -0.464 e. The van der Waals surface area contributed by atoms with Gasteiger partial charge >= 0.3 is 5.97 Å². The van der Waals surface area contributed by atoms with Crippen LogP contribution in [0.25, 0.3) is 0 Å². The van der Waals surface area contributed by atoms with Crippen LogP contribution in [0.1, 0.15) is 33.2 Å². The number of halogens is 1. The molecule has 128 valence electrons. The SMILES string of the molecule is CCOC(=O)C(Cc1ccc(Br)cc1)N1C(=O)c2ccccc2C1=O. The summed E-state index contributed by atoms with van der Waals surface area (Å²) in [6.07, 6.45) is 0.206. The van der Waals surface area contributed by atoms with Gasteiger partial charge in [0.25, 0.3) is 11.8 Å². The molecule has 1 atom stereocenters.